The van der Waals surface area contributed by atoms with Gasteiger partial charge >= 0.3 is 24.3 Å². The molecule has 0 radical (unpaired) electrons. The number of hydrogen-bond donors (Lipinski definition) is 1. The smallest absolute Gasteiger partial charge is 0.400 e. The standard InChI is InChI=1S/C7H8.C4F6O3.C2H6.CH4O/c1-7-5-3-2-4-6-7;5-3(6,7)1(11)13-2(12)4(8,9)10;2*1-2/h2-6H,1H3;;1-2H3;2H,1H3. The summed E-state index contributed by atoms with van der Waals surface area (Å²) in [5.41, 5.74) is 1.32. The van der Waals surface area contributed by atoms with Crippen LogP contribution < -0.4 is 0 Å². The minimum Gasteiger partial charge on any atom is -0.400 e. The van der Waals surface area contributed by atoms with E-state index in [1.165, 1.54) is 5.56 Å². The normalized spacial score (nSPS) is 9.79. The fourth-order valence-electron chi connectivity index (χ4n) is 0.734. The van der Waals surface area contributed by atoms with Crippen molar-refractivity contribution in [2.45, 2.75) is 33.1 Å². The lowest BCUT2D eigenvalue weighted by atomic mass is 10.2. The summed E-state index contributed by atoms with van der Waals surface area (Å²) in [6, 6.07) is 10.3. The molecule has 0 amide bonds. The molecule has 1 aromatic rings. The van der Waals surface area contributed by atoms with Crippen molar-refractivity contribution >= 4 is 11.9 Å². The Labute approximate surface area is 135 Å². The van der Waals surface area contributed by atoms with Crippen molar-refractivity contribution in [2.75, 3.05) is 7.11 Å². The van der Waals surface area contributed by atoms with Crippen LogP contribution in [0.4, 0.5) is 26.3 Å². The van der Waals surface area contributed by atoms with Crippen LogP contribution in [0.3, 0.4) is 0 Å². The third-order valence-corrected chi connectivity index (χ3v) is 1.59. The van der Waals surface area contributed by atoms with Gasteiger partial charge in [0.25, 0.3) is 0 Å². The van der Waals surface area contributed by atoms with E-state index in [2.05, 4.69) is 23.8 Å². The van der Waals surface area contributed by atoms with Crippen LogP contribution in [-0.4, -0.2) is 36.5 Å². The molecule has 0 saturated heterocycles. The molecule has 0 aliphatic carbocycles. The van der Waals surface area contributed by atoms with E-state index >= 15 is 0 Å². The van der Waals surface area contributed by atoms with E-state index in [-0.39, 0.29) is 0 Å². The molecular weight excluding hydrogens is 346 g/mol. The molecule has 0 aliphatic rings. The molecular formula is C14H18F6O4. The van der Waals surface area contributed by atoms with Gasteiger partial charge in [0.1, 0.15) is 0 Å². The predicted molar refractivity (Wildman–Crippen MR) is 73.9 cm³/mol. The zero-order valence-corrected chi connectivity index (χ0v) is 13.3. The number of benzene rings is 1. The Morgan fingerprint density at radius 2 is 1.12 bits per heavy atom. The number of aliphatic hydroxyl groups is 1. The summed E-state index contributed by atoms with van der Waals surface area (Å²) in [5, 5.41) is 7.00. The molecule has 24 heavy (non-hydrogen) atoms. The van der Waals surface area contributed by atoms with Crippen molar-refractivity contribution < 1.29 is 45.8 Å². The average molecular weight is 364 g/mol. The largest absolute Gasteiger partial charge is 0.491 e. The Hall–Kier alpha value is -2.10. The van der Waals surface area contributed by atoms with E-state index in [0.29, 0.717) is 0 Å². The first-order chi connectivity index (χ1) is 10.9. The quantitative estimate of drug-likeness (QED) is 0.432. The van der Waals surface area contributed by atoms with Crippen LogP contribution in [-0.2, 0) is 14.3 Å². The maximum Gasteiger partial charge on any atom is 0.491 e. The highest BCUT2D eigenvalue weighted by atomic mass is 19.4. The van der Waals surface area contributed by atoms with E-state index in [1.807, 2.05) is 32.0 Å². The Kier molecular flexibility index (Phi) is 14.9. The highest BCUT2D eigenvalue weighted by molar-refractivity contribution is 5.90. The minimum atomic E-state index is -5.62. The van der Waals surface area contributed by atoms with Crippen LogP contribution in [0.2, 0.25) is 0 Å². The molecule has 0 saturated carbocycles. The fraction of sp³-hybridized carbons (Fsp3) is 0.429. The summed E-state index contributed by atoms with van der Waals surface area (Å²) in [7, 11) is 1.00. The van der Waals surface area contributed by atoms with E-state index in [1.54, 1.807) is 0 Å². The highest BCUT2D eigenvalue weighted by Gasteiger charge is 2.49. The van der Waals surface area contributed by atoms with Crippen LogP contribution in [0.25, 0.3) is 0 Å². The number of carbonyl (C=O) groups is 2. The van der Waals surface area contributed by atoms with E-state index < -0.39 is 24.3 Å². The van der Waals surface area contributed by atoms with E-state index in [0.717, 1.165) is 7.11 Å². The number of carbonyl (C=O) groups excluding carboxylic acids is 2. The lowest BCUT2D eigenvalue weighted by Gasteiger charge is -2.06. The van der Waals surface area contributed by atoms with Gasteiger partial charge in [-0.2, -0.15) is 26.3 Å². The van der Waals surface area contributed by atoms with Gasteiger partial charge in [-0.1, -0.05) is 49.7 Å². The average Bonchev–Trinajstić information content (AvgIpc) is 2.51. The highest BCUT2D eigenvalue weighted by Crippen LogP contribution is 2.21. The Morgan fingerprint density at radius 1 is 0.833 bits per heavy atom. The number of rotatable bonds is 0. The van der Waals surface area contributed by atoms with Crippen molar-refractivity contribution in [1.29, 1.82) is 0 Å². The molecule has 1 aromatic carbocycles. The van der Waals surface area contributed by atoms with Crippen molar-refractivity contribution in [3.63, 3.8) is 0 Å². The third kappa shape index (κ3) is 14.8. The second kappa shape index (κ2) is 13.3. The summed E-state index contributed by atoms with van der Waals surface area (Å²) < 4.78 is 69.7. The zero-order valence-electron chi connectivity index (χ0n) is 13.3. The number of aliphatic hydroxyl groups excluding tert-OH is 1. The van der Waals surface area contributed by atoms with Crippen LogP contribution in [0.1, 0.15) is 19.4 Å². The van der Waals surface area contributed by atoms with Crippen molar-refractivity contribution in [3.05, 3.63) is 35.9 Å². The summed E-state index contributed by atoms with van der Waals surface area (Å²) in [6.45, 7) is 6.08. The number of hydrogen-bond acceptors (Lipinski definition) is 4. The summed E-state index contributed by atoms with van der Waals surface area (Å²) >= 11 is 0. The summed E-state index contributed by atoms with van der Waals surface area (Å²) in [4.78, 5) is 19.3. The molecule has 0 spiro atoms. The fourth-order valence-corrected chi connectivity index (χ4v) is 0.734. The molecule has 0 bridgehead atoms. The van der Waals surface area contributed by atoms with Crippen molar-refractivity contribution in [1.82, 2.24) is 0 Å². The maximum absolute atomic E-state index is 11.2. The molecule has 1 N–H and O–H groups in total. The predicted octanol–water partition coefficient (Wildman–Crippen LogP) is 3.81. The van der Waals surface area contributed by atoms with Gasteiger partial charge in [0.15, 0.2) is 0 Å². The van der Waals surface area contributed by atoms with Gasteiger partial charge in [-0.3, -0.25) is 0 Å². The molecule has 10 heteroatoms. The topological polar surface area (TPSA) is 63.6 Å². The maximum atomic E-state index is 11.2. The molecule has 0 unspecified atom stereocenters. The summed E-state index contributed by atoms with van der Waals surface area (Å²) in [5.74, 6) is -6.40. The SMILES string of the molecule is CC.CO.Cc1ccccc1.O=C(OC(=O)C(F)(F)F)C(F)(F)F. The molecule has 0 atom stereocenters. The Balaban J connectivity index is -0.000000335. The number of esters is 2. The lowest BCUT2D eigenvalue weighted by Crippen LogP contribution is -2.34. The van der Waals surface area contributed by atoms with Crippen LogP contribution in [0, 0.1) is 6.92 Å². The second-order valence-electron chi connectivity index (χ2n) is 3.33. The van der Waals surface area contributed by atoms with Crippen molar-refractivity contribution in [3.8, 4) is 0 Å². The number of halogens is 6. The first-order valence-electron chi connectivity index (χ1n) is 6.31. The van der Waals surface area contributed by atoms with Crippen LogP contribution >= 0.6 is 0 Å². The van der Waals surface area contributed by atoms with E-state index in [4.69, 9.17) is 5.11 Å². The lowest BCUT2D eigenvalue weighted by molar-refractivity contribution is -0.221. The number of ether oxygens (including phenoxy) is 1. The monoisotopic (exact) mass is 364 g/mol. The summed E-state index contributed by atoms with van der Waals surface area (Å²) in [6.07, 6.45) is -11.2. The molecule has 140 valence electrons. The van der Waals surface area contributed by atoms with Gasteiger partial charge in [0.05, 0.1) is 0 Å². The molecule has 1 rings (SSSR count). The van der Waals surface area contributed by atoms with Gasteiger partial charge in [0.2, 0.25) is 0 Å². The molecule has 0 fully saturated rings. The van der Waals surface area contributed by atoms with Gasteiger partial charge < -0.3 is 9.84 Å². The minimum absolute atomic E-state index is 1.00. The van der Waals surface area contributed by atoms with Crippen LogP contribution in [0.5, 0.6) is 0 Å². The van der Waals surface area contributed by atoms with E-state index in [9.17, 15) is 35.9 Å². The first-order valence-corrected chi connectivity index (χ1v) is 6.31. The molecule has 0 aromatic heterocycles. The molecule has 0 heterocycles. The Bertz CT molecular complexity index is 431. The van der Waals surface area contributed by atoms with Gasteiger partial charge in [0, 0.05) is 7.11 Å². The Morgan fingerprint density at radius 3 is 1.29 bits per heavy atom. The van der Waals surface area contributed by atoms with Crippen LogP contribution in [0.15, 0.2) is 30.3 Å². The first kappa shape index (κ1) is 26.8. The molecule has 4 nitrogen and oxygen atoms in total. The van der Waals surface area contributed by atoms with Gasteiger partial charge in [-0.05, 0) is 6.92 Å². The van der Waals surface area contributed by atoms with Gasteiger partial charge in [-0.15, -0.1) is 0 Å². The second-order valence-corrected chi connectivity index (χ2v) is 3.33. The number of aryl methyl sites for hydroxylation is 1. The van der Waals surface area contributed by atoms with Gasteiger partial charge in [-0.25, -0.2) is 9.59 Å². The third-order valence-electron chi connectivity index (χ3n) is 1.59. The zero-order chi connectivity index (χ0) is 20.0. The molecule has 0 aliphatic heterocycles. The number of alkyl halides is 6. The van der Waals surface area contributed by atoms with Crippen molar-refractivity contribution in [2.24, 2.45) is 0 Å².